The number of nitrogens with one attached hydrogen (secondary N) is 1. The summed E-state index contributed by atoms with van der Waals surface area (Å²) in [5.74, 6) is 1.10. The van der Waals surface area contributed by atoms with E-state index in [2.05, 4.69) is 15.3 Å². The number of rotatable bonds is 9. The van der Waals surface area contributed by atoms with Gasteiger partial charge in [-0.2, -0.15) is 0 Å². The highest BCUT2D eigenvalue weighted by molar-refractivity contribution is 7.90. The molecule has 0 spiro atoms. The number of hydrogen-bond acceptors (Lipinski definition) is 10. The van der Waals surface area contributed by atoms with Crippen LogP contribution in [0.5, 0.6) is 5.88 Å². The van der Waals surface area contributed by atoms with Gasteiger partial charge < -0.3 is 20.5 Å². The summed E-state index contributed by atoms with van der Waals surface area (Å²) >= 11 is 0. The Morgan fingerprint density at radius 1 is 1.21 bits per heavy atom. The van der Waals surface area contributed by atoms with Gasteiger partial charge in [0.15, 0.2) is 0 Å². The minimum absolute atomic E-state index is 0.0233. The molecule has 3 N–H and O–H groups in total. The zero-order chi connectivity index (χ0) is 27.9. The van der Waals surface area contributed by atoms with Crippen LogP contribution in [0.2, 0.25) is 0 Å². The Balaban J connectivity index is 1.71. The van der Waals surface area contributed by atoms with E-state index in [1.54, 1.807) is 24.5 Å². The lowest BCUT2D eigenvalue weighted by molar-refractivity contribution is 0.0366. The number of esters is 1. The van der Waals surface area contributed by atoms with Gasteiger partial charge in [0.2, 0.25) is 5.88 Å². The van der Waals surface area contributed by atoms with Crippen LogP contribution < -0.4 is 15.8 Å². The van der Waals surface area contributed by atoms with Crippen molar-refractivity contribution in [1.29, 1.82) is 0 Å². The average Bonchev–Trinajstić information content (AvgIpc) is 2.85. The number of carbonyl (C=O) groups excluding carboxylic acids is 1. The third-order valence-corrected chi connectivity index (χ3v) is 7.85. The number of sulfone groups is 1. The fraction of sp³-hybridized carbons (Fsp3) is 0.481. The lowest BCUT2D eigenvalue weighted by Gasteiger charge is -2.30. The number of aromatic nitrogens is 3. The van der Waals surface area contributed by atoms with Gasteiger partial charge in [-0.1, -0.05) is 20.8 Å². The molecular weight excluding hydrogens is 506 g/mol. The van der Waals surface area contributed by atoms with Crippen molar-refractivity contribution in [3.05, 3.63) is 47.4 Å². The Hall–Kier alpha value is -3.31. The van der Waals surface area contributed by atoms with Crippen molar-refractivity contribution >= 4 is 38.2 Å². The summed E-state index contributed by atoms with van der Waals surface area (Å²) in [5, 5.41) is 4.74. The minimum Gasteiger partial charge on any atom is -0.474 e. The molecule has 0 saturated heterocycles. The molecule has 0 radical (unpaired) electrons. The lowest BCUT2D eigenvalue weighted by Crippen LogP contribution is -2.35. The van der Waals surface area contributed by atoms with Crippen molar-refractivity contribution in [3.63, 3.8) is 0 Å². The molecule has 204 valence electrons. The molecular formula is C27H35N5O5S. The second-order valence-corrected chi connectivity index (χ2v) is 13.1. The fourth-order valence-corrected chi connectivity index (χ4v) is 5.04. The lowest BCUT2D eigenvalue weighted by atomic mass is 9.85. The van der Waals surface area contributed by atoms with Crippen LogP contribution in [0.25, 0.3) is 10.8 Å². The van der Waals surface area contributed by atoms with Crippen molar-refractivity contribution in [3.8, 4) is 5.88 Å². The van der Waals surface area contributed by atoms with E-state index in [1.165, 1.54) is 6.26 Å². The number of nitrogens with zero attached hydrogens (tertiary/aromatic N) is 3. The smallest absolute Gasteiger partial charge is 0.340 e. The Morgan fingerprint density at radius 3 is 2.63 bits per heavy atom. The van der Waals surface area contributed by atoms with Gasteiger partial charge in [0, 0.05) is 29.6 Å². The molecule has 0 aliphatic carbocycles. The van der Waals surface area contributed by atoms with Crippen LogP contribution >= 0.6 is 0 Å². The van der Waals surface area contributed by atoms with Gasteiger partial charge in [0.25, 0.3) is 0 Å². The molecule has 3 aromatic heterocycles. The molecule has 4 rings (SSSR count). The molecule has 0 aromatic carbocycles. The largest absolute Gasteiger partial charge is 0.474 e. The normalized spacial score (nSPS) is 17.3. The molecule has 0 amide bonds. The molecule has 0 saturated carbocycles. The highest BCUT2D eigenvalue weighted by Gasteiger charge is 2.35. The van der Waals surface area contributed by atoms with Gasteiger partial charge in [0.1, 0.15) is 28.1 Å². The van der Waals surface area contributed by atoms with Crippen LogP contribution in [0.15, 0.2) is 30.6 Å². The Kier molecular flexibility index (Phi) is 7.37. The predicted octanol–water partition coefficient (Wildman–Crippen LogP) is 4.00. The molecule has 10 nitrogen and oxygen atoms in total. The van der Waals surface area contributed by atoms with Gasteiger partial charge in [-0.15, -0.1) is 0 Å². The molecule has 0 bridgehead atoms. The number of cyclic esters (lactones) is 1. The van der Waals surface area contributed by atoms with Gasteiger partial charge in [-0.05, 0) is 55.8 Å². The van der Waals surface area contributed by atoms with Crippen LogP contribution in [-0.2, 0) is 25.5 Å². The number of pyridine rings is 3. The maximum Gasteiger partial charge on any atom is 0.340 e. The molecule has 1 aliphatic rings. The number of anilines is 2. The number of ether oxygens (including phenoxy) is 2. The second kappa shape index (κ2) is 10.1. The summed E-state index contributed by atoms with van der Waals surface area (Å²) < 4.78 is 34.5. The van der Waals surface area contributed by atoms with E-state index in [0.29, 0.717) is 47.0 Å². The third-order valence-electron chi connectivity index (χ3n) is 6.87. The molecule has 1 aliphatic heterocycles. The van der Waals surface area contributed by atoms with E-state index in [0.717, 1.165) is 10.9 Å². The van der Waals surface area contributed by atoms with E-state index in [4.69, 9.17) is 20.2 Å². The summed E-state index contributed by atoms with van der Waals surface area (Å²) in [6.07, 6.45) is 5.23. The van der Waals surface area contributed by atoms with Crippen LogP contribution in [0.3, 0.4) is 0 Å². The van der Waals surface area contributed by atoms with Gasteiger partial charge >= 0.3 is 5.97 Å². The zero-order valence-electron chi connectivity index (χ0n) is 22.7. The van der Waals surface area contributed by atoms with Crippen LogP contribution in [0, 0.1) is 0 Å². The average molecular weight is 542 g/mol. The van der Waals surface area contributed by atoms with Crippen LogP contribution in [-0.4, -0.2) is 54.1 Å². The summed E-state index contributed by atoms with van der Waals surface area (Å²) in [5.41, 5.74) is 7.52. The molecule has 4 heterocycles. The van der Waals surface area contributed by atoms with Crippen molar-refractivity contribution < 1.29 is 22.7 Å². The predicted molar refractivity (Wildman–Crippen MR) is 147 cm³/mol. The first-order valence-electron chi connectivity index (χ1n) is 12.6. The molecule has 1 unspecified atom stereocenters. The number of hydrogen-bond donors (Lipinski definition) is 2. The van der Waals surface area contributed by atoms with Gasteiger partial charge in [-0.3, -0.25) is 0 Å². The molecule has 11 heteroatoms. The Labute approximate surface area is 223 Å². The first-order valence-corrected chi connectivity index (χ1v) is 14.6. The number of fused-ring (bicyclic) bond motifs is 2. The zero-order valence-corrected chi connectivity index (χ0v) is 23.5. The fourth-order valence-electron chi connectivity index (χ4n) is 4.28. The summed E-state index contributed by atoms with van der Waals surface area (Å²) in [6, 6.07) is 5.31. The topological polar surface area (TPSA) is 146 Å². The molecule has 3 aromatic rings. The summed E-state index contributed by atoms with van der Waals surface area (Å²) in [7, 11) is -3.10. The maximum absolute atomic E-state index is 12.2. The third kappa shape index (κ3) is 5.88. The maximum atomic E-state index is 12.2. The monoisotopic (exact) mass is 541 g/mol. The SMILES string of the molecule is CCC(C)(N)c1cnc(O[C@H](C)CCS(C)(=O)=O)c2cnc(Nc3ccc4c(n3)C(C)(C)COC4=O)cc12. The number of carbonyl (C=O) groups is 1. The standard InChI is InChI=1S/C27H35N5O5S/c1-7-27(5,28)20-14-30-24(37-16(2)10-11-38(6,34)35)19-13-29-22(12-18(19)20)31-21-9-8-17-23(32-21)26(3,4)15-36-25(17)33/h8-9,12-14,16H,7,10-11,15,28H2,1-6H3,(H,29,31,32)/t16-,27?/m1/s1. The Bertz CT molecular complexity index is 1490. The highest BCUT2D eigenvalue weighted by atomic mass is 32.2. The van der Waals surface area contributed by atoms with Crippen LogP contribution in [0.4, 0.5) is 11.6 Å². The van der Waals surface area contributed by atoms with Crippen LogP contribution in [0.1, 0.15) is 69.1 Å². The number of nitrogens with two attached hydrogens (primary N) is 1. The van der Waals surface area contributed by atoms with Crippen molar-refractivity contribution in [2.45, 2.75) is 64.5 Å². The van der Waals surface area contributed by atoms with E-state index in [9.17, 15) is 13.2 Å². The summed E-state index contributed by atoms with van der Waals surface area (Å²) in [4.78, 5) is 26.0. The molecule has 38 heavy (non-hydrogen) atoms. The molecule has 2 atom stereocenters. The van der Waals surface area contributed by atoms with E-state index < -0.39 is 20.8 Å². The van der Waals surface area contributed by atoms with E-state index in [-0.39, 0.29) is 24.4 Å². The van der Waals surface area contributed by atoms with Gasteiger partial charge in [0.05, 0.1) is 28.5 Å². The van der Waals surface area contributed by atoms with Crippen molar-refractivity contribution in [2.24, 2.45) is 5.73 Å². The first kappa shape index (κ1) is 27.7. The van der Waals surface area contributed by atoms with Crippen molar-refractivity contribution in [2.75, 3.05) is 23.9 Å². The summed E-state index contributed by atoms with van der Waals surface area (Å²) in [6.45, 7) is 9.99. The first-order chi connectivity index (χ1) is 17.7. The van der Waals surface area contributed by atoms with E-state index >= 15 is 0 Å². The van der Waals surface area contributed by atoms with E-state index in [1.807, 2.05) is 40.7 Å². The van der Waals surface area contributed by atoms with Gasteiger partial charge in [-0.25, -0.2) is 28.2 Å². The quantitative estimate of drug-likeness (QED) is 0.381. The molecule has 0 fully saturated rings. The van der Waals surface area contributed by atoms with Crippen molar-refractivity contribution in [1.82, 2.24) is 15.0 Å². The Morgan fingerprint density at radius 2 is 1.95 bits per heavy atom. The minimum atomic E-state index is -3.10. The second-order valence-electron chi connectivity index (χ2n) is 10.9. The highest BCUT2D eigenvalue weighted by Crippen LogP contribution is 2.35.